The van der Waals surface area contributed by atoms with Crippen LogP contribution < -0.4 is 5.32 Å². The summed E-state index contributed by atoms with van der Waals surface area (Å²) in [6.07, 6.45) is 3.50. The van der Waals surface area contributed by atoms with Crippen LogP contribution in [0, 0.1) is 5.41 Å². The van der Waals surface area contributed by atoms with Crippen LogP contribution in [-0.2, 0) is 14.2 Å². The van der Waals surface area contributed by atoms with Crippen LogP contribution in [0.4, 0.5) is 0 Å². The number of nitrogens with one attached hydrogen (secondary N) is 1. The fourth-order valence-corrected chi connectivity index (χ4v) is 2.07. The monoisotopic (exact) mass is 261 g/mol. The highest BCUT2D eigenvalue weighted by Gasteiger charge is 2.24. The molecule has 0 aliphatic heterocycles. The van der Waals surface area contributed by atoms with Crippen LogP contribution in [0.2, 0.25) is 0 Å². The number of hydrogen-bond acceptors (Lipinski definition) is 4. The number of ether oxygens (including phenoxy) is 3. The smallest absolute Gasteiger partial charge is 0.0701 e. The van der Waals surface area contributed by atoms with Crippen LogP contribution in [0.25, 0.3) is 0 Å². The summed E-state index contributed by atoms with van der Waals surface area (Å²) in [5, 5.41) is 3.29. The van der Waals surface area contributed by atoms with Gasteiger partial charge in [-0.25, -0.2) is 0 Å². The molecule has 0 amide bonds. The largest absolute Gasteiger partial charge is 0.382 e. The van der Waals surface area contributed by atoms with Gasteiger partial charge in [0.05, 0.1) is 26.4 Å². The number of hydrogen-bond donors (Lipinski definition) is 1. The molecule has 0 fully saturated rings. The molecule has 0 aromatic rings. The maximum absolute atomic E-state index is 5.63. The molecule has 0 unspecified atom stereocenters. The molecule has 0 aromatic carbocycles. The van der Waals surface area contributed by atoms with Crippen molar-refractivity contribution in [3.8, 4) is 0 Å². The molecule has 0 saturated carbocycles. The lowest BCUT2D eigenvalue weighted by Gasteiger charge is -2.31. The van der Waals surface area contributed by atoms with Crippen molar-refractivity contribution in [3.63, 3.8) is 0 Å². The van der Waals surface area contributed by atoms with Crippen molar-refractivity contribution >= 4 is 0 Å². The van der Waals surface area contributed by atoms with Crippen LogP contribution in [0.3, 0.4) is 0 Å². The van der Waals surface area contributed by atoms with E-state index in [1.165, 1.54) is 12.8 Å². The SMILES string of the molecule is CCC(CC)(CCOCCOCCOC)CNC. The van der Waals surface area contributed by atoms with Gasteiger partial charge in [-0.15, -0.1) is 0 Å². The van der Waals surface area contributed by atoms with Gasteiger partial charge in [-0.1, -0.05) is 13.8 Å². The Balaban J connectivity index is 3.55. The van der Waals surface area contributed by atoms with E-state index in [0.29, 0.717) is 31.8 Å². The van der Waals surface area contributed by atoms with Gasteiger partial charge < -0.3 is 19.5 Å². The fourth-order valence-electron chi connectivity index (χ4n) is 2.07. The van der Waals surface area contributed by atoms with Crippen molar-refractivity contribution in [2.45, 2.75) is 33.1 Å². The van der Waals surface area contributed by atoms with Crippen LogP contribution >= 0.6 is 0 Å². The minimum Gasteiger partial charge on any atom is -0.382 e. The minimum atomic E-state index is 0.381. The van der Waals surface area contributed by atoms with Crippen LogP contribution in [0.1, 0.15) is 33.1 Å². The zero-order chi connectivity index (χ0) is 13.7. The normalized spacial score (nSPS) is 12.0. The summed E-state index contributed by atoms with van der Waals surface area (Å²) in [5.74, 6) is 0. The summed E-state index contributed by atoms with van der Waals surface area (Å²) in [7, 11) is 3.70. The first-order chi connectivity index (χ1) is 8.74. The third kappa shape index (κ3) is 8.03. The average Bonchev–Trinajstić information content (AvgIpc) is 2.40. The van der Waals surface area contributed by atoms with Crippen molar-refractivity contribution in [1.29, 1.82) is 0 Å². The zero-order valence-electron chi connectivity index (χ0n) is 12.6. The molecule has 0 bridgehead atoms. The molecule has 0 saturated heterocycles. The summed E-state index contributed by atoms with van der Waals surface area (Å²) in [6.45, 7) is 9.02. The first-order valence-corrected chi connectivity index (χ1v) is 7.03. The van der Waals surface area contributed by atoms with Gasteiger partial charge in [-0.3, -0.25) is 0 Å². The first kappa shape index (κ1) is 17.8. The van der Waals surface area contributed by atoms with Crippen molar-refractivity contribution < 1.29 is 14.2 Å². The highest BCUT2D eigenvalue weighted by atomic mass is 16.5. The van der Waals surface area contributed by atoms with Crippen LogP contribution in [0.15, 0.2) is 0 Å². The Hall–Kier alpha value is -0.160. The van der Waals surface area contributed by atoms with Crippen molar-refractivity contribution in [2.24, 2.45) is 5.41 Å². The molecule has 0 rings (SSSR count). The van der Waals surface area contributed by atoms with Gasteiger partial charge in [-0.2, -0.15) is 0 Å². The Morgan fingerprint density at radius 3 is 1.94 bits per heavy atom. The molecule has 18 heavy (non-hydrogen) atoms. The van der Waals surface area contributed by atoms with Gasteiger partial charge in [-0.05, 0) is 31.7 Å². The molecule has 0 aliphatic rings. The summed E-state index contributed by atoms with van der Waals surface area (Å²) < 4.78 is 15.9. The molecule has 4 heteroatoms. The van der Waals surface area contributed by atoms with Crippen LogP contribution in [-0.4, -0.2) is 53.7 Å². The lowest BCUT2D eigenvalue weighted by Crippen LogP contribution is -2.32. The molecule has 0 heterocycles. The van der Waals surface area contributed by atoms with Crippen molar-refractivity contribution in [1.82, 2.24) is 5.32 Å². The summed E-state index contributed by atoms with van der Waals surface area (Å²) in [4.78, 5) is 0. The molecular weight excluding hydrogens is 230 g/mol. The van der Waals surface area contributed by atoms with Gasteiger partial charge in [0.2, 0.25) is 0 Å². The van der Waals surface area contributed by atoms with Gasteiger partial charge in [0.25, 0.3) is 0 Å². The van der Waals surface area contributed by atoms with Gasteiger partial charge in [0, 0.05) is 20.3 Å². The number of methoxy groups -OCH3 is 1. The minimum absolute atomic E-state index is 0.381. The topological polar surface area (TPSA) is 39.7 Å². The van der Waals surface area contributed by atoms with Gasteiger partial charge in [0.15, 0.2) is 0 Å². The van der Waals surface area contributed by atoms with E-state index < -0.39 is 0 Å². The highest BCUT2D eigenvalue weighted by molar-refractivity contribution is 4.78. The Labute approximate surface area is 112 Å². The second kappa shape index (κ2) is 11.9. The zero-order valence-corrected chi connectivity index (χ0v) is 12.6. The molecule has 0 aliphatic carbocycles. The second-order valence-corrected chi connectivity index (χ2v) is 4.70. The van der Waals surface area contributed by atoms with Crippen molar-refractivity contribution in [3.05, 3.63) is 0 Å². The average molecular weight is 261 g/mol. The van der Waals surface area contributed by atoms with E-state index in [1.807, 2.05) is 7.05 Å². The lowest BCUT2D eigenvalue weighted by atomic mass is 9.79. The summed E-state index contributed by atoms with van der Waals surface area (Å²) in [5.41, 5.74) is 0.381. The quantitative estimate of drug-likeness (QED) is 0.515. The Morgan fingerprint density at radius 2 is 1.44 bits per heavy atom. The fraction of sp³-hybridized carbons (Fsp3) is 1.00. The van der Waals surface area contributed by atoms with E-state index >= 15 is 0 Å². The molecule has 110 valence electrons. The van der Waals surface area contributed by atoms with Crippen molar-refractivity contribution in [2.75, 3.05) is 53.7 Å². The molecule has 0 radical (unpaired) electrons. The van der Waals surface area contributed by atoms with Crippen LogP contribution in [0.5, 0.6) is 0 Å². The maximum Gasteiger partial charge on any atom is 0.0701 e. The van der Waals surface area contributed by atoms with E-state index in [4.69, 9.17) is 14.2 Å². The molecule has 0 spiro atoms. The van der Waals surface area contributed by atoms with Gasteiger partial charge >= 0.3 is 0 Å². The summed E-state index contributed by atoms with van der Waals surface area (Å²) in [6, 6.07) is 0. The standard InChI is InChI=1S/C14H31NO3/c1-5-14(6-2,13-15-3)7-8-17-11-12-18-10-9-16-4/h15H,5-13H2,1-4H3. The molecular formula is C14H31NO3. The molecule has 0 atom stereocenters. The Kier molecular flexibility index (Phi) is 11.8. The third-order valence-corrected chi connectivity index (χ3v) is 3.63. The lowest BCUT2D eigenvalue weighted by molar-refractivity contribution is 0.0156. The predicted molar refractivity (Wildman–Crippen MR) is 75.1 cm³/mol. The van der Waals surface area contributed by atoms with E-state index in [2.05, 4.69) is 19.2 Å². The molecule has 0 aromatic heterocycles. The van der Waals surface area contributed by atoms with Gasteiger partial charge in [0.1, 0.15) is 0 Å². The number of rotatable bonds is 13. The highest BCUT2D eigenvalue weighted by Crippen LogP contribution is 2.29. The Bertz CT molecular complexity index is 172. The summed E-state index contributed by atoms with van der Waals surface area (Å²) >= 11 is 0. The van der Waals surface area contributed by atoms with E-state index in [-0.39, 0.29) is 0 Å². The molecule has 4 nitrogen and oxygen atoms in total. The maximum atomic E-state index is 5.63. The third-order valence-electron chi connectivity index (χ3n) is 3.63. The molecule has 1 N–H and O–H groups in total. The predicted octanol–water partition coefficient (Wildman–Crippen LogP) is 2.08. The first-order valence-electron chi connectivity index (χ1n) is 7.03. The Morgan fingerprint density at radius 1 is 0.889 bits per heavy atom. The van der Waals surface area contributed by atoms with E-state index in [9.17, 15) is 0 Å². The second-order valence-electron chi connectivity index (χ2n) is 4.70. The van der Waals surface area contributed by atoms with E-state index in [0.717, 1.165) is 19.6 Å². The van der Waals surface area contributed by atoms with E-state index in [1.54, 1.807) is 7.11 Å².